The molecule has 26 heavy (non-hydrogen) atoms. The van der Waals surface area contributed by atoms with E-state index in [-0.39, 0.29) is 5.88 Å². The van der Waals surface area contributed by atoms with E-state index in [1.54, 1.807) is 0 Å². The Labute approximate surface area is 150 Å². The Morgan fingerprint density at radius 3 is 2.54 bits per heavy atom. The summed E-state index contributed by atoms with van der Waals surface area (Å²) < 4.78 is 43.4. The number of piperidine rings is 1. The molecule has 1 aromatic carbocycles. The van der Waals surface area contributed by atoms with E-state index in [9.17, 15) is 13.2 Å². The number of ether oxygens (including phenoxy) is 1. The molecule has 0 atom stereocenters. The van der Waals surface area contributed by atoms with E-state index < -0.39 is 11.9 Å². The van der Waals surface area contributed by atoms with E-state index in [1.165, 1.54) is 18.7 Å². The lowest BCUT2D eigenvalue weighted by atomic mass is 9.89. The van der Waals surface area contributed by atoms with Gasteiger partial charge in [-0.3, -0.25) is 4.90 Å². The smallest absolute Gasteiger partial charge is 0.433 e. The fraction of sp³-hybridized carbons (Fsp3) is 0.421. The minimum atomic E-state index is -4.47. The largest absolute Gasteiger partial charge is 0.481 e. The Morgan fingerprint density at radius 1 is 1.19 bits per heavy atom. The summed E-state index contributed by atoms with van der Waals surface area (Å²) in [5.41, 5.74) is 7.61. The van der Waals surface area contributed by atoms with Gasteiger partial charge in [-0.15, -0.1) is 0 Å². The zero-order chi connectivity index (χ0) is 18.7. The van der Waals surface area contributed by atoms with Crippen LogP contribution in [0.1, 0.15) is 35.6 Å². The van der Waals surface area contributed by atoms with Gasteiger partial charge in [0.05, 0.1) is 7.11 Å². The van der Waals surface area contributed by atoms with Gasteiger partial charge >= 0.3 is 6.18 Å². The van der Waals surface area contributed by atoms with Crippen molar-refractivity contribution in [3.63, 3.8) is 0 Å². The normalized spacial score (nSPS) is 16.6. The first kappa shape index (κ1) is 18.5. The van der Waals surface area contributed by atoms with E-state index >= 15 is 0 Å². The molecule has 2 aromatic rings. The first-order valence-corrected chi connectivity index (χ1v) is 8.55. The molecule has 0 unspecified atom stereocenters. The first-order valence-electron chi connectivity index (χ1n) is 8.55. The second kappa shape index (κ2) is 7.53. The van der Waals surface area contributed by atoms with Crippen LogP contribution in [0.25, 0.3) is 0 Å². The maximum absolute atomic E-state index is 12.8. The average Bonchev–Trinajstić information content (AvgIpc) is 2.62. The highest BCUT2D eigenvalue weighted by Gasteiger charge is 2.33. The summed E-state index contributed by atoms with van der Waals surface area (Å²) in [6.45, 7) is 2.26. The quantitative estimate of drug-likeness (QED) is 0.830. The third kappa shape index (κ3) is 4.27. The van der Waals surface area contributed by atoms with E-state index in [0.717, 1.165) is 37.7 Å². The number of likely N-dealkylation sites (tertiary alicyclic amines) is 1. The summed E-state index contributed by atoms with van der Waals surface area (Å²) in [5.74, 6) is 0.500. The van der Waals surface area contributed by atoms with E-state index in [2.05, 4.69) is 16.0 Å². The number of nitrogens with zero attached hydrogens (tertiary/aromatic N) is 2. The minimum Gasteiger partial charge on any atom is -0.481 e. The molecule has 1 fully saturated rings. The highest BCUT2D eigenvalue weighted by atomic mass is 19.4. The van der Waals surface area contributed by atoms with Crippen LogP contribution in [-0.4, -0.2) is 30.1 Å². The monoisotopic (exact) mass is 365 g/mol. The standard InChI is InChI=1S/C19H22F3N3O/c1-26-18-15(5-6-17(24-18)19(20,21)22)12-25-9-7-13(8-10-25)14-3-2-4-16(23)11-14/h2-6,11,13H,7-10,12,23H2,1H3. The van der Waals surface area contributed by atoms with Crippen LogP contribution in [0.2, 0.25) is 0 Å². The number of halogens is 3. The molecule has 0 bridgehead atoms. The van der Waals surface area contributed by atoms with Crippen LogP contribution in [0.5, 0.6) is 5.88 Å². The summed E-state index contributed by atoms with van der Waals surface area (Å²) in [5, 5.41) is 0. The van der Waals surface area contributed by atoms with Crippen molar-refractivity contribution in [1.29, 1.82) is 0 Å². The van der Waals surface area contributed by atoms with Gasteiger partial charge in [0.1, 0.15) is 5.69 Å². The van der Waals surface area contributed by atoms with Crippen molar-refractivity contribution in [1.82, 2.24) is 9.88 Å². The molecular formula is C19H22F3N3O. The molecule has 1 aromatic heterocycles. The van der Waals surface area contributed by atoms with Crippen LogP contribution in [0.3, 0.4) is 0 Å². The number of methoxy groups -OCH3 is 1. The number of hydrogen-bond acceptors (Lipinski definition) is 4. The number of nitrogen functional groups attached to an aromatic ring is 1. The summed E-state index contributed by atoms with van der Waals surface area (Å²) in [6, 6.07) is 10.4. The lowest BCUT2D eigenvalue weighted by Gasteiger charge is -2.32. The topological polar surface area (TPSA) is 51.4 Å². The first-order chi connectivity index (χ1) is 12.4. The van der Waals surface area contributed by atoms with Gasteiger partial charge in [-0.2, -0.15) is 13.2 Å². The molecule has 0 amide bonds. The maximum Gasteiger partial charge on any atom is 0.433 e. The molecule has 4 nitrogen and oxygen atoms in total. The number of alkyl halides is 3. The Hall–Kier alpha value is -2.28. The molecule has 2 N–H and O–H groups in total. The van der Waals surface area contributed by atoms with Crippen molar-refractivity contribution in [3.05, 3.63) is 53.2 Å². The SMILES string of the molecule is COc1nc(C(F)(F)F)ccc1CN1CCC(c2cccc(N)c2)CC1. The van der Waals surface area contributed by atoms with Crippen molar-refractivity contribution in [2.75, 3.05) is 25.9 Å². The van der Waals surface area contributed by atoms with Crippen LogP contribution in [0.15, 0.2) is 36.4 Å². The van der Waals surface area contributed by atoms with Gasteiger partial charge in [0.25, 0.3) is 0 Å². The van der Waals surface area contributed by atoms with Gasteiger partial charge in [0.15, 0.2) is 0 Å². The molecule has 1 aliphatic heterocycles. The van der Waals surface area contributed by atoms with Crippen molar-refractivity contribution >= 4 is 5.69 Å². The predicted molar refractivity (Wildman–Crippen MR) is 93.9 cm³/mol. The second-order valence-corrected chi connectivity index (χ2v) is 6.58. The van der Waals surface area contributed by atoms with Crippen LogP contribution in [0.4, 0.5) is 18.9 Å². The summed E-state index contributed by atoms with van der Waals surface area (Å²) in [7, 11) is 1.35. The Balaban J connectivity index is 1.64. The third-order valence-electron chi connectivity index (χ3n) is 4.79. The zero-order valence-electron chi connectivity index (χ0n) is 14.6. The lowest BCUT2D eigenvalue weighted by molar-refractivity contribution is -0.141. The molecule has 7 heteroatoms. The molecule has 3 rings (SSSR count). The summed E-state index contributed by atoms with van der Waals surface area (Å²) in [6.07, 6.45) is -2.50. The number of benzene rings is 1. The molecule has 0 aliphatic carbocycles. The van der Waals surface area contributed by atoms with Crippen LogP contribution >= 0.6 is 0 Å². The lowest BCUT2D eigenvalue weighted by Crippen LogP contribution is -2.32. The average molecular weight is 365 g/mol. The number of rotatable bonds is 4. The number of anilines is 1. The van der Waals surface area contributed by atoms with Crippen LogP contribution < -0.4 is 10.5 Å². The number of pyridine rings is 1. The molecular weight excluding hydrogens is 343 g/mol. The van der Waals surface area contributed by atoms with Gasteiger partial charge in [-0.1, -0.05) is 18.2 Å². The van der Waals surface area contributed by atoms with E-state index in [4.69, 9.17) is 10.5 Å². The van der Waals surface area contributed by atoms with Crippen LogP contribution in [0, 0.1) is 0 Å². The van der Waals surface area contributed by atoms with Crippen molar-refractivity contribution < 1.29 is 17.9 Å². The molecule has 0 radical (unpaired) electrons. The Kier molecular flexibility index (Phi) is 5.36. The fourth-order valence-electron chi connectivity index (χ4n) is 3.40. The molecule has 1 saturated heterocycles. The van der Waals surface area contributed by atoms with Crippen molar-refractivity contribution in [3.8, 4) is 5.88 Å². The highest BCUT2D eigenvalue weighted by Crippen LogP contribution is 2.32. The highest BCUT2D eigenvalue weighted by molar-refractivity contribution is 5.42. The zero-order valence-corrected chi connectivity index (χ0v) is 14.6. The summed E-state index contributed by atoms with van der Waals surface area (Å²) >= 11 is 0. The van der Waals surface area contributed by atoms with E-state index in [0.29, 0.717) is 18.0 Å². The second-order valence-electron chi connectivity index (χ2n) is 6.58. The molecule has 1 aliphatic rings. The summed E-state index contributed by atoms with van der Waals surface area (Å²) in [4.78, 5) is 5.83. The molecule has 0 saturated carbocycles. The molecule has 0 spiro atoms. The van der Waals surface area contributed by atoms with Gasteiger partial charge in [0, 0.05) is 17.8 Å². The number of hydrogen-bond donors (Lipinski definition) is 1. The van der Waals surface area contributed by atoms with Gasteiger partial charge in [-0.25, -0.2) is 4.98 Å². The third-order valence-corrected chi connectivity index (χ3v) is 4.79. The Bertz CT molecular complexity index is 756. The van der Waals surface area contributed by atoms with Crippen molar-refractivity contribution in [2.45, 2.75) is 31.5 Å². The van der Waals surface area contributed by atoms with Gasteiger partial charge < -0.3 is 10.5 Å². The van der Waals surface area contributed by atoms with E-state index in [1.807, 2.05) is 18.2 Å². The minimum absolute atomic E-state index is 0.0396. The predicted octanol–water partition coefficient (Wildman–Crippen LogP) is 4.07. The van der Waals surface area contributed by atoms with Crippen LogP contribution in [-0.2, 0) is 12.7 Å². The van der Waals surface area contributed by atoms with Crippen molar-refractivity contribution in [2.24, 2.45) is 0 Å². The van der Waals surface area contributed by atoms with Gasteiger partial charge in [-0.05, 0) is 55.6 Å². The fourth-order valence-corrected chi connectivity index (χ4v) is 3.40. The number of aromatic nitrogens is 1. The van der Waals surface area contributed by atoms with Gasteiger partial charge in [0.2, 0.25) is 5.88 Å². The maximum atomic E-state index is 12.8. The Morgan fingerprint density at radius 2 is 1.92 bits per heavy atom. The molecule has 2 heterocycles. The molecule has 140 valence electrons. The number of nitrogens with two attached hydrogens (primary N) is 1.